The van der Waals surface area contributed by atoms with E-state index in [1.165, 1.54) is 38.4 Å². The van der Waals surface area contributed by atoms with Gasteiger partial charge in [-0.1, -0.05) is 19.1 Å². The van der Waals surface area contributed by atoms with Crippen molar-refractivity contribution >= 4 is 27.5 Å². The van der Waals surface area contributed by atoms with Crippen LogP contribution in [-0.4, -0.2) is 71.3 Å². The molecule has 2 aromatic rings. The maximum Gasteiger partial charge on any atom is 0.244 e. The van der Waals surface area contributed by atoms with Crippen molar-refractivity contribution in [3.05, 3.63) is 48.0 Å². The van der Waals surface area contributed by atoms with Crippen molar-refractivity contribution in [3.63, 3.8) is 0 Å². The van der Waals surface area contributed by atoms with Gasteiger partial charge in [-0.05, 0) is 50.1 Å². The topological polar surface area (TPSA) is 114 Å². The van der Waals surface area contributed by atoms with Gasteiger partial charge in [-0.3, -0.25) is 13.9 Å². The third-order valence-electron chi connectivity index (χ3n) is 5.99. The standard InChI is InChI=1S/C26H37N3O7S/c1-8-18(2)27-26(31)19(3)28(16-20-10-9-11-22(14-20)34-4)25(30)17-29(37(7,32)33)21-12-13-23(35-5)24(15-21)36-6/h9-15,18-19H,8,16-17H2,1-7H3,(H,27,31)/t18-,19-/m1/s1. The van der Waals surface area contributed by atoms with Crippen LogP contribution in [0.4, 0.5) is 5.69 Å². The van der Waals surface area contributed by atoms with Gasteiger partial charge in [0.25, 0.3) is 0 Å². The summed E-state index contributed by atoms with van der Waals surface area (Å²) in [5.74, 6) is 0.457. The number of anilines is 1. The normalized spacial score (nSPS) is 12.7. The molecule has 2 aromatic carbocycles. The lowest BCUT2D eigenvalue weighted by atomic mass is 10.1. The van der Waals surface area contributed by atoms with Crippen LogP contribution in [0.1, 0.15) is 32.8 Å². The molecule has 10 nitrogen and oxygen atoms in total. The molecule has 0 bridgehead atoms. The number of nitrogens with one attached hydrogen (secondary N) is 1. The highest BCUT2D eigenvalue weighted by molar-refractivity contribution is 7.92. The average molecular weight is 536 g/mol. The predicted molar refractivity (Wildman–Crippen MR) is 143 cm³/mol. The first-order valence-corrected chi connectivity index (χ1v) is 13.7. The van der Waals surface area contributed by atoms with Crippen molar-refractivity contribution < 1.29 is 32.2 Å². The molecule has 0 aliphatic rings. The molecule has 0 spiro atoms. The molecule has 0 fully saturated rings. The van der Waals surface area contributed by atoms with E-state index >= 15 is 0 Å². The van der Waals surface area contributed by atoms with Gasteiger partial charge >= 0.3 is 0 Å². The minimum Gasteiger partial charge on any atom is -0.497 e. The van der Waals surface area contributed by atoms with Gasteiger partial charge in [0.1, 0.15) is 18.3 Å². The number of ether oxygens (including phenoxy) is 3. The Morgan fingerprint density at radius 2 is 1.65 bits per heavy atom. The second-order valence-electron chi connectivity index (χ2n) is 8.68. The van der Waals surface area contributed by atoms with Crippen LogP contribution >= 0.6 is 0 Å². The first-order chi connectivity index (χ1) is 17.4. The minimum atomic E-state index is -3.87. The zero-order valence-electron chi connectivity index (χ0n) is 22.5. The molecule has 0 aliphatic carbocycles. The summed E-state index contributed by atoms with van der Waals surface area (Å²) < 4.78 is 42.3. The number of hydrogen-bond acceptors (Lipinski definition) is 7. The van der Waals surface area contributed by atoms with Crippen molar-refractivity contribution in [2.45, 2.75) is 45.8 Å². The molecule has 37 heavy (non-hydrogen) atoms. The third-order valence-corrected chi connectivity index (χ3v) is 7.13. The van der Waals surface area contributed by atoms with Crippen molar-refractivity contribution in [3.8, 4) is 17.2 Å². The molecule has 2 rings (SSSR count). The number of benzene rings is 2. The van der Waals surface area contributed by atoms with Crippen LogP contribution in [0.3, 0.4) is 0 Å². The average Bonchev–Trinajstić information content (AvgIpc) is 2.88. The molecule has 0 saturated carbocycles. The minimum absolute atomic E-state index is 0.0780. The monoisotopic (exact) mass is 535 g/mol. The van der Waals surface area contributed by atoms with Gasteiger partial charge in [0.15, 0.2) is 11.5 Å². The van der Waals surface area contributed by atoms with Gasteiger partial charge < -0.3 is 24.4 Å². The van der Waals surface area contributed by atoms with E-state index in [9.17, 15) is 18.0 Å². The lowest BCUT2D eigenvalue weighted by molar-refractivity contribution is -0.139. The summed E-state index contributed by atoms with van der Waals surface area (Å²) in [6, 6.07) is 10.8. The van der Waals surface area contributed by atoms with E-state index in [0.717, 1.165) is 22.5 Å². The Morgan fingerprint density at radius 1 is 0.973 bits per heavy atom. The first-order valence-electron chi connectivity index (χ1n) is 11.9. The molecule has 2 atom stereocenters. The summed E-state index contributed by atoms with van der Waals surface area (Å²) in [5.41, 5.74) is 0.958. The Morgan fingerprint density at radius 3 is 2.22 bits per heavy atom. The summed E-state index contributed by atoms with van der Waals surface area (Å²) in [6.07, 6.45) is 1.74. The molecule has 204 valence electrons. The molecule has 0 saturated heterocycles. The number of sulfonamides is 1. The van der Waals surface area contributed by atoms with Crippen molar-refractivity contribution in [1.29, 1.82) is 0 Å². The lowest BCUT2D eigenvalue weighted by Crippen LogP contribution is -2.52. The van der Waals surface area contributed by atoms with Gasteiger partial charge in [0.05, 0.1) is 33.3 Å². The number of carbonyl (C=O) groups excluding carboxylic acids is 2. The first kappa shape index (κ1) is 29.8. The fraction of sp³-hybridized carbons (Fsp3) is 0.462. The molecule has 0 aromatic heterocycles. The van der Waals surface area contributed by atoms with E-state index in [1.807, 2.05) is 19.9 Å². The molecule has 0 heterocycles. The van der Waals surface area contributed by atoms with Crippen LogP contribution in [0.5, 0.6) is 17.2 Å². The highest BCUT2D eigenvalue weighted by Crippen LogP contribution is 2.32. The zero-order valence-corrected chi connectivity index (χ0v) is 23.3. The van der Waals surface area contributed by atoms with Crippen LogP contribution in [-0.2, 0) is 26.2 Å². The maximum atomic E-state index is 13.7. The lowest BCUT2D eigenvalue weighted by Gasteiger charge is -2.32. The summed E-state index contributed by atoms with van der Waals surface area (Å²) in [6.45, 7) is 5.01. The predicted octanol–water partition coefficient (Wildman–Crippen LogP) is 2.81. The molecule has 11 heteroatoms. The van der Waals surface area contributed by atoms with E-state index in [4.69, 9.17) is 14.2 Å². The van der Waals surface area contributed by atoms with Crippen molar-refractivity contribution in [2.75, 3.05) is 38.4 Å². The summed E-state index contributed by atoms with van der Waals surface area (Å²) in [7, 11) is 0.570. The smallest absolute Gasteiger partial charge is 0.244 e. The Labute approximate surface area is 219 Å². The van der Waals surface area contributed by atoms with Crippen molar-refractivity contribution in [2.24, 2.45) is 0 Å². The fourth-order valence-corrected chi connectivity index (χ4v) is 4.45. The zero-order chi connectivity index (χ0) is 27.8. The summed E-state index contributed by atoms with van der Waals surface area (Å²) >= 11 is 0. The molecular formula is C26H37N3O7S. The Kier molecular flexibility index (Phi) is 10.6. The number of carbonyl (C=O) groups is 2. The Balaban J connectivity index is 2.45. The van der Waals surface area contributed by atoms with Crippen LogP contribution < -0.4 is 23.8 Å². The quantitative estimate of drug-likeness (QED) is 0.419. The van der Waals surface area contributed by atoms with E-state index in [1.54, 1.807) is 31.2 Å². The van der Waals surface area contributed by atoms with E-state index in [-0.39, 0.29) is 24.2 Å². The Bertz CT molecular complexity index is 1190. The third kappa shape index (κ3) is 8.01. The number of hydrogen-bond donors (Lipinski definition) is 1. The van der Waals surface area contributed by atoms with Gasteiger partial charge in [-0.25, -0.2) is 8.42 Å². The van der Waals surface area contributed by atoms with Crippen molar-refractivity contribution in [1.82, 2.24) is 10.2 Å². The Hall–Kier alpha value is -3.47. The van der Waals surface area contributed by atoms with Gasteiger partial charge in [0, 0.05) is 18.7 Å². The van der Waals surface area contributed by atoms with E-state index in [0.29, 0.717) is 17.2 Å². The SMILES string of the molecule is CC[C@@H](C)NC(=O)[C@@H](C)N(Cc1cccc(OC)c1)C(=O)CN(c1ccc(OC)c(OC)c1)S(C)(=O)=O. The van der Waals surface area contributed by atoms with Crippen LogP contribution in [0.15, 0.2) is 42.5 Å². The summed E-state index contributed by atoms with van der Waals surface area (Å²) in [4.78, 5) is 28.0. The van der Waals surface area contributed by atoms with E-state index < -0.39 is 28.5 Å². The highest BCUT2D eigenvalue weighted by atomic mass is 32.2. The number of rotatable bonds is 13. The van der Waals surface area contributed by atoms with Gasteiger partial charge in [0.2, 0.25) is 21.8 Å². The molecule has 0 unspecified atom stereocenters. The second-order valence-corrected chi connectivity index (χ2v) is 10.6. The van der Waals surface area contributed by atoms with Crippen LogP contribution in [0.25, 0.3) is 0 Å². The summed E-state index contributed by atoms with van der Waals surface area (Å²) in [5, 5.41) is 2.90. The molecule has 0 radical (unpaired) electrons. The molecular weight excluding hydrogens is 498 g/mol. The fourth-order valence-electron chi connectivity index (χ4n) is 3.61. The number of nitrogens with zero attached hydrogens (tertiary/aromatic N) is 2. The van der Waals surface area contributed by atoms with Crippen LogP contribution in [0, 0.1) is 0 Å². The number of amides is 2. The highest BCUT2D eigenvalue weighted by Gasteiger charge is 2.31. The second kappa shape index (κ2) is 13.2. The van der Waals surface area contributed by atoms with E-state index in [2.05, 4.69) is 5.32 Å². The molecule has 1 N–H and O–H groups in total. The largest absolute Gasteiger partial charge is 0.497 e. The number of methoxy groups -OCH3 is 3. The van der Waals surface area contributed by atoms with Gasteiger partial charge in [-0.2, -0.15) is 0 Å². The molecule has 0 aliphatic heterocycles. The van der Waals surface area contributed by atoms with Crippen LogP contribution in [0.2, 0.25) is 0 Å². The maximum absolute atomic E-state index is 13.7. The van der Waals surface area contributed by atoms with Gasteiger partial charge in [-0.15, -0.1) is 0 Å². The molecule has 2 amide bonds.